The summed E-state index contributed by atoms with van der Waals surface area (Å²) in [6.45, 7) is 1.96. The van der Waals surface area contributed by atoms with Crippen molar-refractivity contribution in [1.82, 2.24) is 5.32 Å². The largest absolute Gasteiger partial charge is 0.493 e. The molecule has 2 aromatic rings. The molecule has 4 nitrogen and oxygen atoms in total. The number of carbonyl (C=O) groups is 1. The van der Waals surface area contributed by atoms with Crippen LogP contribution in [-0.2, 0) is 17.0 Å². The summed E-state index contributed by atoms with van der Waals surface area (Å²) in [5.74, 6) is 2.08. The Kier molecular flexibility index (Phi) is 8.94. The first-order chi connectivity index (χ1) is 12.2. The zero-order chi connectivity index (χ0) is 17.7. The Balaban J connectivity index is 1.61. The number of carboxylic acid groups (broad SMARTS) is 1. The average Bonchev–Trinajstić information content (AvgIpc) is 2.62. The van der Waals surface area contributed by atoms with Gasteiger partial charge in [0.05, 0.1) is 13.0 Å². The summed E-state index contributed by atoms with van der Waals surface area (Å²) < 4.78 is 5.82. The lowest BCUT2D eigenvalue weighted by molar-refractivity contribution is -0.136. The van der Waals surface area contributed by atoms with Crippen molar-refractivity contribution < 1.29 is 14.6 Å². The van der Waals surface area contributed by atoms with Gasteiger partial charge in [-0.2, -0.15) is 11.8 Å². The number of hydrogen-bond acceptors (Lipinski definition) is 4. The van der Waals surface area contributed by atoms with Gasteiger partial charge < -0.3 is 15.2 Å². The molecule has 134 valence electrons. The van der Waals surface area contributed by atoms with Gasteiger partial charge in [0, 0.05) is 18.1 Å². The topological polar surface area (TPSA) is 58.6 Å². The minimum Gasteiger partial charge on any atom is -0.493 e. The standard InChI is InChI=1S/C20H25NO3S/c22-20(23)10-12-21-11-9-17-7-4-8-19(15-17)24-13-14-25-16-18-5-2-1-3-6-18/h1-8,15,21H,9-14,16H2,(H,22,23). The molecule has 0 amide bonds. The number of ether oxygens (including phenoxy) is 1. The van der Waals surface area contributed by atoms with Gasteiger partial charge in [-0.15, -0.1) is 0 Å². The van der Waals surface area contributed by atoms with Gasteiger partial charge in [0.15, 0.2) is 0 Å². The quantitative estimate of drug-likeness (QED) is 0.567. The van der Waals surface area contributed by atoms with Crippen LogP contribution in [0.3, 0.4) is 0 Å². The third-order valence-corrected chi connectivity index (χ3v) is 4.61. The molecule has 0 bridgehead atoms. The molecule has 0 aromatic heterocycles. The summed E-state index contributed by atoms with van der Waals surface area (Å²) in [7, 11) is 0. The highest BCUT2D eigenvalue weighted by atomic mass is 32.2. The molecule has 0 aliphatic rings. The third-order valence-electron chi connectivity index (χ3n) is 3.61. The molecule has 0 aliphatic heterocycles. The number of aliphatic carboxylic acids is 1. The van der Waals surface area contributed by atoms with Gasteiger partial charge in [-0.1, -0.05) is 42.5 Å². The molecular formula is C20H25NO3S. The Morgan fingerprint density at radius 2 is 1.84 bits per heavy atom. The fourth-order valence-corrected chi connectivity index (χ4v) is 3.10. The molecule has 0 atom stereocenters. The molecule has 0 saturated heterocycles. The van der Waals surface area contributed by atoms with E-state index < -0.39 is 5.97 Å². The molecule has 0 aliphatic carbocycles. The minimum absolute atomic E-state index is 0.157. The molecule has 0 heterocycles. The summed E-state index contributed by atoms with van der Waals surface area (Å²) in [4.78, 5) is 10.4. The maximum Gasteiger partial charge on any atom is 0.304 e. The smallest absolute Gasteiger partial charge is 0.304 e. The van der Waals surface area contributed by atoms with Crippen LogP contribution in [0.2, 0.25) is 0 Å². The molecule has 0 saturated carbocycles. The fourth-order valence-electron chi connectivity index (χ4n) is 2.33. The Morgan fingerprint density at radius 1 is 1.04 bits per heavy atom. The first-order valence-electron chi connectivity index (χ1n) is 8.50. The van der Waals surface area contributed by atoms with E-state index in [0.29, 0.717) is 13.2 Å². The van der Waals surface area contributed by atoms with E-state index in [0.717, 1.165) is 30.2 Å². The van der Waals surface area contributed by atoms with Crippen LogP contribution in [-0.4, -0.2) is 36.5 Å². The van der Waals surface area contributed by atoms with Crippen LogP contribution in [0.15, 0.2) is 54.6 Å². The summed E-state index contributed by atoms with van der Waals surface area (Å²) in [5.41, 5.74) is 2.53. The lowest BCUT2D eigenvalue weighted by Gasteiger charge is -2.09. The van der Waals surface area contributed by atoms with Gasteiger partial charge in [-0.3, -0.25) is 4.79 Å². The maximum absolute atomic E-state index is 10.4. The summed E-state index contributed by atoms with van der Waals surface area (Å²) >= 11 is 1.87. The van der Waals surface area contributed by atoms with E-state index in [4.69, 9.17) is 9.84 Å². The van der Waals surface area contributed by atoms with E-state index in [-0.39, 0.29) is 6.42 Å². The lowest BCUT2D eigenvalue weighted by atomic mass is 10.1. The normalized spacial score (nSPS) is 10.6. The van der Waals surface area contributed by atoms with Gasteiger partial charge >= 0.3 is 5.97 Å². The van der Waals surface area contributed by atoms with Crippen molar-refractivity contribution >= 4 is 17.7 Å². The van der Waals surface area contributed by atoms with Gasteiger partial charge in [-0.25, -0.2) is 0 Å². The van der Waals surface area contributed by atoms with Crippen molar-refractivity contribution in [2.24, 2.45) is 0 Å². The number of benzene rings is 2. The number of hydrogen-bond donors (Lipinski definition) is 2. The highest BCUT2D eigenvalue weighted by Gasteiger charge is 2.00. The average molecular weight is 359 g/mol. The van der Waals surface area contributed by atoms with E-state index in [1.807, 2.05) is 30.0 Å². The first kappa shape index (κ1) is 19.3. The molecule has 0 spiro atoms. The molecule has 0 radical (unpaired) electrons. The van der Waals surface area contributed by atoms with Gasteiger partial charge in [-0.05, 0) is 36.2 Å². The van der Waals surface area contributed by atoms with E-state index in [2.05, 4.69) is 41.7 Å². The van der Waals surface area contributed by atoms with Crippen molar-refractivity contribution in [3.05, 3.63) is 65.7 Å². The zero-order valence-corrected chi connectivity index (χ0v) is 15.1. The second-order valence-electron chi connectivity index (χ2n) is 5.68. The molecule has 5 heteroatoms. The van der Waals surface area contributed by atoms with E-state index in [9.17, 15) is 4.79 Å². The van der Waals surface area contributed by atoms with Crippen molar-refractivity contribution in [2.45, 2.75) is 18.6 Å². The second kappa shape index (κ2) is 11.6. The van der Waals surface area contributed by atoms with Crippen LogP contribution in [0.1, 0.15) is 17.5 Å². The van der Waals surface area contributed by atoms with E-state index in [1.165, 1.54) is 11.1 Å². The Bertz CT molecular complexity index is 634. The number of carboxylic acids is 1. The molecule has 2 rings (SSSR count). The SMILES string of the molecule is O=C(O)CCNCCc1cccc(OCCSCc2ccccc2)c1. The van der Waals surface area contributed by atoms with Gasteiger partial charge in [0.25, 0.3) is 0 Å². The van der Waals surface area contributed by atoms with Crippen LogP contribution in [0.5, 0.6) is 5.75 Å². The van der Waals surface area contributed by atoms with Crippen molar-refractivity contribution in [2.75, 3.05) is 25.4 Å². The first-order valence-corrected chi connectivity index (χ1v) is 9.65. The summed E-state index contributed by atoms with van der Waals surface area (Å²) in [5, 5.41) is 11.7. The van der Waals surface area contributed by atoms with Crippen molar-refractivity contribution in [3.8, 4) is 5.75 Å². The molecule has 2 aromatic carbocycles. The van der Waals surface area contributed by atoms with E-state index in [1.54, 1.807) is 0 Å². The monoisotopic (exact) mass is 359 g/mol. The van der Waals surface area contributed by atoms with Crippen molar-refractivity contribution in [1.29, 1.82) is 0 Å². The summed E-state index contributed by atoms with van der Waals surface area (Å²) in [6.07, 6.45) is 1.02. The Morgan fingerprint density at radius 3 is 2.64 bits per heavy atom. The number of nitrogens with one attached hydrogen (secondary N) is 1. The predicted molar refractivity (Wildman–Crippen MR) is 103 cm³/mol. The Labute approximate surface area is 153 Å². The van der Waals surface area contributed by atoms with Crippen LogP contribution < -0.4 is 10.1 Å². The molecule has 0 unspecified atom stereocenters. The molecule has 0 fully saturated rings. The number of rotatable bonds is 12. The van der Waals surface area contributed by atoms with Crippen molar-refractivity contribution in [3.63, 3.8) is 0 Å². The van der Waals surface area contributed by atoms with Gasteiger partial charge in [0.2, 0.25) is 0 Å². The summed E-state index contributed by atoms with van der Waals surface area (Å²) in [6, 6.07) is 18.5. The van der Waals surface area contributed by atoms with Crippen LogP contribution in [0.4, 0.5) is 0 Å². The number of thioether (sulfide) groups is 1. The second-order valence-corrected chi connectivity index (χ2v) is 6.78. The van der Waals surface area contributed by atoms with Crippen LogP contribution in [0.25, 0.3) is 0 Å². The fraction of sp³-hybridized carbons (Fsp3) is 0.350. The zero-order valence-electron chi connectivity index (χ0n) is 14.3. The van der Waals surface area contributed by atoms with E-state index >= 15 is 0 Å². The highest BCUT2D eigenvalue weighted by Crippen LogP contribution is 2.15. The molecular weight excluding hydrogens is 334 g/mol. The third kappa shape index (κ3) is 8.61. The van der Waals surface area contributed by atoms with Gasteiger partial charge in [0.1, 0.15) is 5.75 Å². The maximum atomic E-state index is 10.4. The Hall–Kier alpha value is -1.98. The predicted octanol–water partition coefficient (Wildman–Crippen LogP) is 3.61. The van der Waals surface area contributed by atoms with Crippen LogP contribution in [0, 0.1) is 0 Å². The van der Waals surface area contributed by atoms with Crippen LogP contribution >= 0.6 is 11.8 Å². The minimum atomic E-state index is -0.770. The lowest BCUT2D eigenvalue weighted by Crippen LogP contribution is -2.20. The molecule has 25 heavy (non-hydrogen) atoms. The molecule has 2 N–H and O–H groups in total. The highest BCUT2D eigenvalue weighted by molar-refractivity contribution is 7.98.